The van der Waals surface area contributed by atoms with Crippen LogP contribution < -0.4 is 9.64 Å². The number of aliphatic carboxylic acids is 1. The molecule has 3 aliphatic rings. The van der Waals surface area contributed by atoms with Crippen LogP contribution in [0.2, 0.25) is 0 Å². The van der Waals surface area contributed by atoms with Gasteiger partial charge < -0.3 is 14.6 Å². The molecule has 3 aliphatic heterocycles. The number of methoxy groups -OCH3 is 1. The molecule has 2 bridgehead atoms. The molecule has 0 aliphatic carbocycles. The van der Waals surface area contributed by atoms with Crippen molar-refractivity contribution < 1.29 is 24.2 Å². The zero-order chi connectivity index (χ0) is 17.3. The van der Waals surface area contributed by atoms with Crippen molar-refractivity contribution in [3.63, 3.8) is 0 Å². The second-order valence-corrected chi connectivity index (χ2v) is 7.50. The highest BCUT2D eigenvalue weighted by atomic mass is 32.1. The molecule has 1 amide bonds. The van der Waals surface area contributed by atoms with E-state index in [1.807, 2.05) is 24.3 Å². The smallest absolute Gasteiger partial charge is 0.310 e. The van der Waals surface area contributed by atoms with Gasteiger partial charge in [0.25, 0.3) is 0 Å². The number of amides is 1. The first-order valence-electron chi connectivity index (χ1n) is 7.88. The summed E-state index contributed by atoms with van der Waals surface area (Å²) < 4.78 is 12.0. The predicted octanol–water partition coefficient (Wildman–Crippen LogP) is 1.68. The van der Waals surface area contributed by atoms with E-state index in [1.165, 1.54) is 11.3 Å². The van der Waals surface area contributed by atoms with Gasteiger partial charge in [-0.2, -0.15) is 0 Å². The number of benzene rings is 1. The topological polar surface area (TPSA) is 89.0 Å². The molecular formula is C17H14N2O5S. The van der Waals surface area contributed by atoms with Gasteiger partial charge in [0, 0.05) is 6.07 Å². The molecule has 4 atom stereocenters. The number of anilines is 1. The van der Waals surface area contributed by atoms with E-state index >= 15 is 0 Å². The molecule has 8 heteroatoms. The highest BCUT2D eigenvalue weighted by Crippen LogP contribution is 2.53. The Morgan fingerprint density at radius 3 is 3.12 bits per heavy atom. The van der Waals surface area contributed by atoms with Gasteiger partial charge in [0.15, 0.2) is 5.13 Å². The lowest BCUT2D eigenvalue weighted by Crippen LogP contribution is -2.39. The van der Waals surface area contributed by atoms with Crippen LogP contribution in [0.5, 0.6) is 5.75 Å². The van der Waals surface area contributed by atoms with Crippen molar-refractivity contribution in [1.29, 1.82) is 0 Å². The molecule has 0 unspecified atom stereocenters. The predicted molar refractivity (Wildman–Crippen MR) is 89.9 cm³/mol. The molecule has 25 heavy (non-hydrogen) atoms. The molecule has 0 saturated carbocycles. The maximum atomic E-state index is 13.0. The Labute approximate surface area is 146 Å². The van der Waals surface area contributed by atoms with Crippen LogP contribution in [-0.4, -0.2) is 47.3 Å². The summed E-state index contributed by atoms with van der Waals surface area (Å²) >= 11 is 1.40. The summed E-state index contributed by atoms with van der Waals surface area (Å²) in [6, 6.07) is 5.56. The zero-order valence-electron chi connectivity index (χ0n) is 13.2. The quantitative estimate of drug-likeness (QED) is 0.840. The van der Waals surface area contributed by atoms with Crippen LogP contribution >= 0.6 is 11.3 Å². The molecule has 7 nitrogen and oxygen atoms in total. The summed E-state index contributed by atoms with van der Waals surface area (Å²) in [5.74, 6) is -2.06. The maximum absolute atomic E-state index is 13.0. The summed E-state index contributed by atoms with van der Waals surface area (Å²) in [6.45, 7) is 0.296. The highest BCUT2D eigenvalue weighted by Gasteiger charge is 2.67. The Morgan fingerprint density at radius 2 is 2.36 bits per heavy atom. The van der Waals surface area contributed by atoms with Crippen molar-refractivity contribution in [2.24, 2.45) is 11.8 Å². The van der Waals surface area contributed by atoms with Gasteiger partial charge >= 0.3 is 5.97 Å². The number of thiazole rings is 1. The van der Waals surface area contributed by atoms with Gasteiger partial charge in [-0.05, 0) is 12.1 Å². The average molecular weight is 358 g/mol. The number of ether oxygens (including phenoxy) is 2. The molecule has 2 saturated heterocycles. The van der Waals surface area contributed by atoms with E-state index in [0.29, 0.717) is 17.4 Å². The van der Waals surface area contributed by atoms with Gasteiger partial charge in [-0.3, -0.25) is 14.5 Å². The fourth-order valence-corrected chi connectivity index (χ4v) is 5.03. The number of nitrogens with zero attached hydrogens (tertiary/aromatic N) is 2. The van der Waals surface area contributed by atoms with Crippen molar-refractivity contribution in [2.45, 2.75) is 11.7 Å². The van der Waals surface area contributed by atoms with E-state index in [-0.39, 0.29) is 5.91 Å². The van der Waals surface area contributed by atoms with Crippen molar-refractivity contribution in [2.75, 3.05) is 18.6 Å². The van der Waals surface area contributed by atoms with E-state index < -0.39 is 29.5 Å². The summed E-state index contributed by atoms with van der Waals surface area (Å²) in [7, 11) is 1.59. The van der Waals surface area contributed by atoms with Crippen LogP contribution in [-0.2, 0) is 14.3 Å². The van der Waals surface area contributed by atoms with Crippen molar-refractivity contribution >= 4 is 38.6 Å². The van der Waals surface area contributed by atoms with E-state index in [2.05, 4.69) is 4.98 Å². The lowest BCUT2D eigenvalue weighted by Gasteiger charge is -2.21. The molecule has 4 heterocycles. The van der Waals surface area contributed by atoms with E-state index in [9.17, 15) is 14.7 Å². The van der Waals surface area contributed by atoms with Gasteiger partial charge in [-0.15, -0.1) is 0 Å². The van der Waals surface area contributed by atoms with Crippen LogP contribution in [0.25, 0.3) is 10.2 Å². The van der Waals surface area contributed by atoms with Crippen molar-refractivity contribution in [3.05, 3.63) is 30.4 Å². The van der Waals surface area contributed by atoms with Gasteiger partial charge in [0.05, 0.1) is 35.9 Å². The Kier molecular flexibility index (Phi) is 2.85. The number of carboxylic acid groups (broad SMARTS) is 1. The SMILES string of the molecule is COc1ccc2sc(N3C[C@@]45C=C[C@@H](O4)[C@H](C(=O)O)[C@H]5C3=O)nc2c1. The van der Waals surface area contributed by atoms with E-state index in [1.54, 1.807) is 18.1 Å². The van der Waals surface area contributed by atoms with Crippen LogP contribution in [0.4, 0.5) is 5.13 Å². The Bertz CT molecular complexity index is 954. The fraction of sp³-hybridized carbons (Fsp3) is 0.353. The molecule has 2 aromatic rings. The minimum atomic E-state index is -0.995. The van der Waals surface area contributed by atoms with Crippen LogP contribution in [0, 0.1) is 11.8 Å². The summed E-state index contributed by atoms with van der Waals surface area (Å²) in [4.78, 5) is 30.7. The third-order valence-electron chi connectivity index (χ3n) is 5.20. The summed E-state index contributed by atoms with van der Waals surface area (Å²) in [5, 5.41) is 10.1. The second-order valence-electron chi connectivity index (χ2n) is 6.49. The van der Waals surface area contributed by atoms with Gasteiger partial charge in [0.1, 0.15) is 17.3 Å². The molecule has 1 N–H and O–H groups in total. The molecule has 5 rings (SSSR count). The van der Waals surface area contributed by atoms with Gasteiger partial charge in [-0.25, -0.2) is 4.98 Å². The standard InChI is InChI=1S/C17H14N2O5S/c1-23-8-2-3-11-9(6-8)18-16(25-11)19-7-17-5-4-10(24-17)12(15(21)22)13(17)14(19)20/h2-6,10,12-13H,7H2,1H3,(H,21,22)/t10-,12+,13+,17-/m1/s1. The average Bonchev–Trinajstić information content (AvgIpc) is 3.32. The number of aromatic nitrogens is 1. The third-order valence-corrected chi connectivity index (χ3v) is 6.26. The lowest BCUT2D eigenvalue weighted by molar-refractivity contribution is -0.146. The monoisotopic (exact) mass is 358 g/mol. The number of rotatable bonds is 3. The number of hydrogen-bond donors (Lipinski definition) is 1. The minimum absolute atomic E-state index is 0.231. The number of fused-ring (bicyclic) bond motifs is 2. The summed E-state index contributed by atoms with van der Waals surface area (Å²) in [5.41, 5.74) is -0.0994. The summed E-state index contributed by atoms with van der Waals surface area (Å²) in [6.07, 6.45) is 3.08. The fourth-order valence-electron chi connectivity index (χ4n) is 4.08. The maximum Gasteiger partial charge on any atom is 0.310 e. The normalized spacial score (nSPS) is 32.6. The number of carbonyl (C=O) groups excluding carboxylic acids is 1. The third kappa shape index (κ3) is 1.86. The second kappa shape index (κ2) is 4.80. The molecular weight excluding hydrogens is 344 g/mol. The molecule has 2 fully saturated rings. The minimum Gasteiger partial charge on any atom is -0.497 e. The van der Waals surface area contributed by atoms with Gasteiger partial charge in [-0.1, -0.05) is 23.5 Å². The largest absolute Gasteiger partial charge is 0.497 e. The molecule has 0 radical (unpaired) electrons. The first-order valence-corrected chi connectivity index (χ1v) is 8.70. The van der Waals surface area contributed by atoms with Crippen LogP contribution in [0.3, 0.4) is 0 Å². The van der Waals surface area contributed by atoms with Crippen LogP contribution in [0.1, 0.15) is 0 Å². The first kappa shape index (κ1) is 14.9. The number of carbonyl (C=O) groups is 2. The zero-order valence-corrected chi connectivity index (χ0v) is 14.0. The van der Waals surface area contributed by atoms with Crippen molar-refractivity contribution in [3.8, 4) is 5.75 Å². The van der Waals surface area contributed by atoms with Gasteiger partial charge in [0.2, 0.25) is 5.91 Å². The molecule has 1 spiro atoms. The number of carboxylic acids is 1. The molecule has 128 valence electrons. The Hall–Kier alpha value is -2.45. The first-order chi connectivity index (χ1) is 12.0. The molecule has 1 aromatic carbocycles. The van der Waals surface area contributed by atoms with Crippen LogP contribution in [0.15, 0.2) is 30.4 Å². The lowest BCUT2D eigenvalue weighted by atomic mass is 9.77. The molecule has 1 aromatic heterocycles. The van der Waals surface area contributed by atoms with E-state index in [4.69, 9.17) is 9.47 Å². The Morgan fingerprint density at radius 1 is 1.52 bits per heavy atom. The van der Waals surface area contributed by atoms with E-state index in [0.717, 1.165) is 10.2 Å². The highest BCUT2D eigenvalue weighted by molar-refractivity contribution is 7.22. The van der Waals surface area contributed by atoms with Crippen molar-refractivity contribution in [1.82, 2.24) is 4.98 Å². The number of hydrogen-bond acceptors (Lipinski definition) is 6. The Balaban J connectivity index is 1.55.